The van der Waals surface area contributed by atoms with Crippen LogP contribution in [0.15, 0.2) is 61.2 Å². The van der Waals surface area contributed by atoms with E-state index in [1.807, 2.05) is 43.3 Å². The monoisotopic (exact) mass is 372 g/mol. The summed E-state index contributed by atoms with van der Waals surface area (Å²) in [5.41, 5.74) is 4.68. The van der Waals surface area contributed by atoms with Crippen LogP contribution in [-0.4, -0.2) is 41.9 Å². The van der Waals surface area contributed by atoms with Gasteiger partial charge in [0.05, 0.1) is 12.8 Å². The molecule has 3 aromatic heterocycles. The fourth-order valence-electron chi connectivity index (χ4n) is 3.23. The number of rotatable bonds is 5. The number of nitrogens with zero attached hydrogens (tertiary/aromatic N) is 3. The van der Waals surface area contributed by atoms with Gasteiger partial charge in [0, 0.05) is 61.0 Å². The molecule has 0 atom stereocenters. The number of ketones is 1. The van der Waals surface area contributed by atoms with E-state index in [-0.39, 0.29) is 5.78 Å². The van der Waals surface area contributed by atoms with Crippen molar-refractivity contribution in [3.63, 3.8) is 0 Å². The molecule has 4 aromatic rings. The van der Waals surface area contributed by atoms with Crippen molar-refractivity contribution in [2.24, 2.45) is 0 Å². The average molecular weight is 372 g/mol. The van der Waals surface area contributed by atoms with Crippen LogP contribution >= 0.6 is 0 Å². The van der Waals surface area contributed by atoms with Crippen LogP contribution in [0.4, 0.5) is 5.69 Å². The molecular formula is C22H20N4O2. The third kappa shape index (κ3) is 3.09. The van der Waals surface area contributed by atoms with E-state index in [1.165, 1.54) is 0 Å². The number of methoxy groups -OCH3 is 1. The minimum atomic E-state index is -0.0844. The summed E-state index contributed by atoms with van der Waals surface area (Å²) in [7, 11) is 5.60. The molecule has 3 heterocycles. The Labute approximate surface area is 162 Å². The number of carbonyl (C=O) groups excluding carboxylic acids is 1. The Morgan fingerprint density at radius 3 is 2.68 bits per heavy atom. The molecule has 1 N–H and O–H groups in total. The SMILES string of the molecule is COc1cc(-c2cnc3[nH]cc(C(=O)c4cccnc4)c3c2)ccc1N(C)C. The van der Waals surface area contributed by atoms with Crippen LogP contribution in [0.3, 0.4) is 0 Å². The minimum absolute atomic E-state index is 0.0844. The van der Waals surface area contributed by atoms with Gasteiger partial charge >= 0.3 is 0 Å². The molecule has 0 saturated carbocycles. The second kappa shape index (κ2) is 7.15. The molecule has 1 aromatic carbocycles. The van der Waals surface area contributed by atoms with Gasteiger partial charge < -0.3 is 14.6 Å². The number of anilines is 1. The van der Waals surface area contributed by atoms with E-state index in [0.717, 1.165) is 28.0 Å². The first-order valence-corrected chi connectivity index (χ1v) is 8.86. The molecule has 0 amide bonds. The van der Waals surface area contributed by atoms with Gasteiger partial charge in [0.25, 0.3) is 0 Å². The number of aromatic amines is 1. The smallest absolute Gasteiger partial charge is 0.196 e. The number of ether oxygens (including phenoxy) is 1. The molecule has 0 unspecified atom stereocenters. The van der Waals surface area contributed by atoms with Crippen molar-refractivity contribution in [1.29, 1.82) is 0 Å². The maximum absolute atomic E-state index is 12.9. The van der Waals surface area contributed by atoms with Crippen LogP contribution in [-0.2, 0) is 0 Å². The predicted octanol–water partition coefficient (Wildman–Crippen LogP) is 3.93. The number of pyridine rings is 2. The van der Waals surface area contributed by atoms with E-state index < -0.39 is 0 Å². The molecule has 0 aliphatic rings. The highest BCUT2D eigenvalue weighted by Gasteiger charge is 2.16. The quantitative estimate of drug-likeness (QED) is 0.538. The Hall–Kier alpha value is -3.67. The van der Waals surface area contributed by atoms with Gasteiger partial charge in [-0.15, -0.1) is 0 Å². The molecule has 0 bridgehead atoms. The second-order valence-corrected chi connectivity index (χ2v) is 6.67. The van der Waals surface area contributed by atoms with Gasteiger partial charge in [0.15, 0.2) is 5.78 Å². The first-order valence-electron chi connectivity index (χ1n) is 8.86. The highest BCUT2D eigenvalue weighted by atomic mass is 16.5. The highest BCUT2D eigenvalue weighted by Crippen LogP contribution is 2.33. The van der Waals surface area contributed by atoms with E-state index in [9.17, 15) is 4.79 Å². The molecule has 0 aliphatic carbocycles. The van der Waals surface area contributed by atoms with Gasteiger partial charge in [-0.05, 0) is 35.9 Å². The lowest BCUT2D eigenvalue weighted by Gasteiger charge is -2.17. The van der Waals surface area contributed by atoms with Crippen molar-refractivity contribution in [2.75, 3.05) is 26.1 Å². The Kier molecular flexibility index (Phi) is 4.53. The Bertz CT molecular complexity index is 1150. The van der Waals surface area contributed by atoms with Crippen molar-refractivity contribution in [1.82, 2.24) is 15.0 Å². The van der Waals surface area contributed by atoms with E-state index in [4.69, 9.17) is 4.74 Å². The van der Waals surface area contributed by atoms with Crippen LogP contribution in [0.5, 0.6) is 5.75 Å². The standard InChI is InChI=1S/C22H20N4O2/c1-26(2)19-7-6-14(10-20(19)28-3)16-9-17-18(13-25-22(17)24-12-16)21(27)15-5-4-8-23-11-15/h4-13H,1-3H3,(H,24,25). The summed E-state index contributed by atoms with van der Waals surface area (Å²) in [4.78, 5) is 26.5. The summed E-state index contributed by atoms with van der Waals surface area (Å²) in [6.07, 6.45) is 6.72. The van der Waals surface area contributed by atoms with Crippen molar-refractivity contribution < 1.29 is 9.53 Å². The number of aromatic nitrogens is 3. The third-order valence-electron chi connectivity index (χ3n) is 4.69. The fraction of sp³-hybridized carbons (Fsp3) is 0.136. The summed E-state index contributed by atoms with van der Waals surface area (Å²) in [5.74, 6) is 0.696. The number of H-pyrrole nitrogens is 1. The number of hydrogen-bond acceptors (Lipinski definition) is 5. The number of benzene rings is 1. The van der Waals surface area contributed by atoms with E-state index in [2.05, 4.69) is 15.0 Å². The lowest BCUT2D eigenvalue weighted by molar-refractivity contribution is 0.104. The van der Waals surface area contributed by atoms with E-state index in [1.54, 1.807) is 44.0 Å². The average Bonchev–Trinajstić information content (AvgIpc) is 3.16. The van der Waals surface area contributed by atoms with Crippen LogP contribution in [0.1, 0.15) is 15.9 Å². The normalized spacial score (nSPS) is 10.8. The maximum atomic E-state index is 12.9. The molecule has 6 heteroatoms. The van der Waals surface area contributed by atoms with E-state index in [0.29, 0.717) is 16.8 Å². The molecule has 0 fully saturated rings. The molecule has 0 radical (unpaired) electrons. The number of carbonyl (C=O) groups is 1. The number of hydrogen-bond donors (Lipinski definition) is 1. The molecule has 28 heavy (non-hydrogen) atoms. The van der Waals surface area contributed by atoms with Crippen LogP contribution in [0.25, 0.3) is 22.2 Å². The van der Waals surface area contributed by atoms with Crippen LogP contribution < -0.4 is 9.64 Å². The van der Waals surface area contributed by atoms with E-state index >= 15 is 0 Å². The summed E-state index contributed by atoms with van der Waals surface area (Å²) >= 11 is 0. The summed E-state index contributed by atoms with van der Waals surface area (Å²) < 4.78 is 5.53. The van der Waals surface area contributed by atoms with Crippen molar-refractivity contribution in [3.8, 4) is 16.9 Å². The Balaban J connectivity index is 1.79. The van der Waals surface area contributed by atoms with Gasteiger partial charge in [-0.3, -0.25) is 9.78 Å². The van der Waals surface area contributed by atoms with Gasteiger partial charge in [0.1, 0.15) is 11.4 Å². The molecule has 6 nitrogen and oxygen atoms in total. The number of fused-ring (bicyclic) bond motifs is 1. The molecular weight excluding hydrogens is 352 g/mol. The molecule has 4 rings (SSSR count). The van der Waals surface area contributed by atoms with Gasteiger partial charge in [0.2, 0.25) is 0 Å². The van der Waals surface area contributed by atoms with Gasteiger partial charge in [-0.2, -0.15) is 0 Å². The van der Waals surface area contributed by atoms with Gasteiger partial charge in [-0.1, -0.05) is 6.07 Å². The summed E-state index contributed by atoms with van der Waals surface area (Å²) in [5, 5.41) is 0.780. The van der Waals surface area contributed by atoms with Gasteiger partial charge in [-0.25, -0.2) is 4.98 Å². The molecule has 140 valence electrons. The predicted molar refractivity (Wildman–Crippen MR) is 110 cm³/mol. The largest absolute Gasteiger partial charge is 0.495 e. The zero-order valence-corrected chi connectivity index (χ0v) is 15.9. The first-order chi connectivity index (χ1) is 13.6. The summed E-state index contributed by atoms with van der Waals surface area (Å²) in [6.45, 7) is 0. The molecule has 0 aliphatic heterocycles. The van der Waals surface area contributed by atoms with Crippen molar-refractivity contribution in [2.45, 2.75) is 0 Å². The second-order valence-electron chi connectivity index (χ2n) is 6.67. The number of nitrogens with one attached hydrogen (secondary N) is 1. The minimum Gasteiger partial charge on any atom is -0.495 e. The Morgan fingerprint density at radius 2 is 1.96 bits per heavy atom. The maximum Gasteiger partial charge on any atom is 0.196 e. The molecule has 0 spiro atoms. The zero-order chi connectivity index (χ0) is 19.7. The highest BCUT2D eigenvalue weighted by molar-refractivity contribution is 6.16. The fourth-order valence-corrected chi connectivity index (χ4v) is 3.23. The zero-order valence-electron chi connectivity index (χ0n) is 15.9. The lowest BCUT2D eigenvalue weighted by atomic mass is 10.0. The topological polar surface area (TPSA) is 71.1 Å². The molecule has 0 saturated heterocycles. The van der Waals surface area contributed by atoms with Crippen LogP contribution in [0, 0.1) is 0 Å². The first kappa shape index (κ1) is 17.7. The van der Waals surface area contributed by atoms with Crippen molar-refractivity contribution in [3.05, 3.63) is 72.3 Å². The summed E-state index contributed by atoms with van der Waals surface area (Å²) in [6, 6.07) is 11.5. The lowest BCUT2D eigenvalue weighted by Crippen LogP contribution is -2.09. The third-order valence-corrected chi connectivity index (χ3v) is 4.69. The Morgan fingerprint density at radius 1 is 1.11 bits per heavy atom. The van der Waals surface area contributed by atoms with Crippen molar-refractivity contribution >= 4 is 22.5 Å². The van der Waals surface area contributed by atoms with Crippen LogP contribution in [0.2, 0.25) is 0 Å².